The van der Waals surface area contributed by atoms with E-state index in [-0.39, 0.29) is 5.54 Å². The molecular formula is C8H17NO2S. The fraction of sp³-hybridized carbons (Fsp3) is 0.750. The number of rotatable bonds is 2. The van der Waals surface area contributed by atoms with Gasteiger partial charge >= 0.3 is 0 Å². The molecule has 0 aliphatic carbocycles. The van der Waals surface area contributed by atoms with Crippen LogP contribution in [0.1, 0.15) is 27.7 Å². The lowest BCUT2D eigenvalue weighted by molar-refractivity contribution is 0.490. The van der Waals surface area contributed by atoms with Crippen LogP contribution >= 0.6 is 0 Å². The molecule has 0 aliphatic rings. The summed E-state index contributed by atoms with van der Waals surface area (Å²) in [5.74, 6) is 0. The van der Waals surface area contributed by atoms with Crippen LogP contribution in [-0.2, 0) is 9.84 Å². The standard InChI is InChI=1S/C8H17NO2S/c1-7(12(5,10)11)6-9-8(2,3)4/h6,9H,1-5H3/b7-6+. The first-order valence-electron chi connectivity index (χ1n) is 3.77. The molecule has 0 radical (unpaired) electrons. The molecule has 0 heterocycles. The summed E-state index contributed by atoms with van der Waals surface area (Å²) < 4.78 is 21.9. The van der Waals surface area contributed by atoms with Gasteiger partial charge in [0.25, 0.3) is 0 Å². The third-order valence-electron chi connectivity index (χ3n) is 1.29. The predicted molar refractivity (Wildman–Crippen MR) is 51.5 cm³/mol. The third-order valence-corrected chi connectivity index (χ3v) is 2.58. The van der Waals surface area contributed by atoms with Gasteiger partial charge in [-0.3, -0.25) is 0 Å². The van der Waals surface area contributed by atoms with Crippen LogP contribution in [0.15, 0.2) is 11.1 Å². The van der Waals surface area contributed by atoms with E-state index >= 15 is 0 Å². The van der Waals surface area contributed by atoms with Gasteiger partial charge in [-0.2, -0.15) is 0 Å². The Morgan fingerprint density at radius 1 is 1.33 bits per heavy atom. The molecule has 0 saturated heterocycles. The number of allylic oxidation sites excluding steroid dienone is 1. The summed E-state index contributed by atoms with van der Waals surface area (Å²) in [5.41, 5.74) is -0.0913. The van der Waals surface area contributed by atoms with E-state index in [1.54, 1.807) is 6.92 Å². The maximum Gasteiger partial charge on any atom is 0.172 e. The van der Waals surface area contributed by atoms with Gasteiger partial charge in [0, 0.05) is 18.0 Å². The smallest absolute Gasteiger partial charge is 0.172 e. The second-order valence-corrected chi connectivity index (χ2v) is 6.11. The predicted octanol–water partition coefficient (Wildman–Crippen LogP) is 1.28. The number of hydrogen-bond acceptors (Lipinski definition) is 3. The molecule has 0 rings (SSSR count). The highest BCUT2D eigenvalue weighted by molar-refractivity contribution is 7.94. The molecule has 0 fully saturated rings. The normalized spacial score (nSPS) is 14.6. The van der Waals surface area contributed by atoms with Crippen molar-refractivity contribution >= 4 is 9.84 Å². The minimum Gasteiger partial charge on any atom is -0.386 e. The zero-order chi connectivity index (χ0) is 9.99. The first kappa shape index (κ1) is 11.5. The zero-order valence-corrected chi connectivity index (χ0v) is 9.12. The second kappa shape index (κ2) is 3.47. The largest absolute Gasteiger partial charge is 0.386 e. The van der Waals surface area contributed by atoms with Crippen molar-refractivity contribution in [3.8, 4) is 0 Å². The SMILES string of the molecule is C/C(=C\NC(C)(C)C)S(C)(=O)=O. The quantitative estimate of drug-likeness (QED) is 0.715. The molecule has 0 bridgehead atoms. The van der Waals surface area contributed by atoms with Gasteiger partial charge in [-0.1, -0.05) is 0 Å². The molecule has 0 aliphatic heterocycles. The number of nitrogens with one attached hydrogen (secondary N) is 1. The molecule has 0 aromatic heterocycles. The van der Waals surface area contributed by atoms with Gasteiger partial charge in [0.15, 0.2) is 9.84 Å². The van der Waals surface area contributed by atoms with Gasteiger partial charge in [0.05, 0.1) is 4.91 Å². The molecule has 0 spiro atoms. The minimum atomic E-state index is -3.03. The molecular weight excluding hydrogens is 174 g/mol. The Morgan fingerprint density at radius 3 is 2.00 bits per heavy atom. The van der Waals surface area contributed by atoms with Crippen LogP contribution in [0.3, 0.4) is 0 Å². The molecule has 0 amide bonds. The molecule has 0 aromatic rings. The molecule has 4 heteroatoms. The van der Waals surface area contributed by atoms with E-state index in [0.29, 0.717) is 4.91 Å². The summed E-state index contributed by atoms with van der Waals surface area (Å²) in [6, 6.07) is 0. The monoisotopic (exact) mass is 191 g/mol. The zero-order valence-electron chi connectivity index (χ0n) is 8.30. The van der Waals surface area contributed by atoms with Gasteiger partial charge in [0.1, 0.15) is 0 Å². The topological polar surface area (TPSA) is 46.2 Å². The Kier molecular flexibility index (Phi) is 3.33. The van der Waals surface area contributed by atoms with E-state index in [1.807, 2.05) is 20.8 Å². The lowest BCUT2D eigenvalue weighted by atomic mass is 10.1. The maximum absolute atomic E-state index is 10.9. The van der Waals surface area contributed by atoms with Crippen LogP contribution in [0.4, 0.5) is 0 Å². The molecule has 12 heavy (non-hydrogen) atoms. The van der Waals surface area contributed by atoms with Crippen LogP contribution < -0.4 is 5.32 Å². The molecule has 0 atom stereocenters. The molecule has 72 valence electrons. The maximum atomic E-state index is 10.9. The highest BCUT2D eigenvalue weighted by Gasteiger charge is 2.09. The molecule has 0 saturated carbocycles. The molecule has 0 unspecified atom stereocenters. The molecule has 0 aromatic carbocycles. The summed E-state index contributed by atoms with van der Waals surface area (Å²) in [4.78, 5) is 0.359. The van der Waals surface area contributed by atoms with Crippen molar-refractivity contribution < 1.29 is 8.42 Å². The van der Waals surface area contributed by atoms with E-state index in [1.165, 1.54) is 12.5 Å². The van der Waals surface area contributed by atoms with Crippen molar-refractivity contribution in [3.05, 3.63) is 11.1 Å². The molecule has 3 nitrogen and oxygen atoms in total. The molecule has 1 N–H and O–H groups in total. The summed E-state index contributed by atoms with van der Waals surface area (Å²) in [6.07, 6.45) is 2.73. The Morgan fingerprint density at radius 2 is 1.75 bits per heavy atom. The van der Waals surface area contributed by atoms with E-state index < -0.39 is 9.84 Å². The average Bonchev–Trinajstić information content (AvgIpc) is 1.78. The number of hydrogen-bond donors (Lipinski definition) is 1. The van der Waals surface area contributed by atoms with Crippen molar-refractivity contribution in [3.63, 3.8) is 0 Å². The van der Waals surface area contributed by atoms with E-state index in [9.17, 15) is 8.42 Å². The van der Waals surface area contributed by atoms with Crippen molar-refractivity contribution in [2.24, 2.45) is 0 Å². The Labute approximate surface area is 74.8 Å². The summed E-state index contributed by atoms with van der Waals surface area (Å²) in [7, 11) is -3.03. The van der Waals surface area contributed by atoms with E-state index in [4.69, 9.17) is 0 Å². The fourth-order valence-electron chi connectivity index (χ4n) is 0.425. The summed E-state index contributed by atoms with van der Waals surface area (Å²) in [5, 5.41) is 2.99. The van der Waals surface area contributed by atoms with Crippen molar-refractivity contribution in [2.75, 3.05) is 6.26 Å². The lowest BCUT2D eigenvalue weighted by Crippen LogP contribution is -2.31. The third kappa shape index (κ3) is 5.18. The van der Waals surface area contributed by atoms with Gasteiger partial charge in [0.2, 0.25) is 0 Å². The second-order valence-electron chi connectivity index (χ2n) is 3.92. The summed E-state index contributed by atoms with van der Waals surface area (Å²) in [6.45, 7) is 7.49. The first-order chi connectivity index (χ1) is 5.13. The summed E-state index contributed by atoms with van der Waals surface area (Å²) >= 11 is 0. The lowest BCUT2D eigenvalue weighted by Gasteiger charge is -2.19. The van der Waals surface area contributed by atoms with E-state index in [2.05, 4.69) is 5.32 Å². The highest BCUT2D eigenvalue weighted by atomic mass is 32.2. The first-order valence-corrected chi connectivity index (χ1v) is 5.66. The van der Waals surface area contributed by atoms with Crippen LogP contribution in [0.2, 0.25) is 0 Å². The average molecular weight is 191 g/mol. The number of sulfone groups is 1. The van der Waals surface area contributed by atoms with Gasteiger partial charge < -0.3 is 5.32 Å². The van der Waals surface area contributed by atoms with Crippen LogP contribution in [-0.4, -0.2) is 20.2 Å². The Bertz CT molecular complexity index is 270. The highest BCUT2D eigenvalue weighted by Crippen LogP contribution is 2.04. The van der Waals surface area contributed by atoms with Crippen LogP contribution in [0.25, 0.3) is 0 Å². The minimum absolute atomic E-state index is 0.0913. The van der Waals surface area contributed by atoms with Crippen molar-refractivity contribution in [1.29, 1.82) is 0 Å². The van der Waals surface area contributed by atoms with Gasteiger partial charge in [-0.05, 0) is 27.7 Å². The Balaban J connectivity index is 4.42. The van der Waals surface area contributed by atoms with Crippen molar-refractivity contribution in [2.45, 2.75) is 33.2 Å². The van der Waals surface area contributed by atoms with E-state index in [0.717, 1.165) is 0 Å². The van der Waals surface area contributed by atoms with Gasteiger partial charge in [-0.15, -0.1) is 0 Å². The Hall–Kier alpha value is -0.510. The van der Waals surface area contributed by atoms with Gasteiger partial charge in [-0.25, -0.2) is 8.42 Å². The van der Waals surface area contributed by atoms with Crippen LogP contribution in [0.5, 0.6) is 0 Å². The fourth-order valence-corrected chi connectivity index (χ4v) is 0.698. The van der Waals surface area contributed by atoms with Crippen molar-refractivity contribution in [1.82, 2.24) is 5.32 Å². The van der Waals surface area contributed by atoms with Crippen LogP contribution in [0, 0.1) is 0 Å².